The number of nitrogens with zero attached hydrogens (tertiary/aromatic N) is 3. The van der Waals surface area contributed by atoms with Crippen LogP contribution in [-0.2, 0) is 24.2 Å². The molecule has 1 amide bonds. The quantitative estimate of drug-likeness (QED) is 0.870. The van der Waals surface area contributed by atoms with Gasteiger partial charge in [0.05, 0.1) is 0 Å². The van der Waals surface area contributed by atoms with Crippen LogP contribution in [0, 0.1) is 0 Å². The van der Waals surface area contributed by atoms with Gasteiger partial charge in [-0.2, -0.15) is 0 Å². The van der Waals surface area contributed by atoms with Crippen LogP contribution in [0.1, 0.15) is 43.1 Å². The minimum absolute atomic E-state index is 0.251. The third kappa shape index (κ3) is 3.63. The van der Waals surface area contributed by atoms with Crippen LogP contribution in [0.25, 0.3) is 0 Å². The van der Waals surface area contributed by atoms with Gasteiger partial charge in [0, 0.05) is 44.4 Å². The summed E-state index contributed by atoms with van der Waals surface area (Å²) in [5.74, 6) is 1.69. The SMILES string of the molecule is CC(C)c1nccn1CCC(=O)N1CCc2ccccc2CC1. The molecule has 0 bridgehead atoms. The highest BCUT2D eigenvalue weighted by Crippen LogP contribution is 2.17. The third-order valence-electron chi connectivity index (χ3n) is 4.60. The lowest BCUT2D eigenvalue weighted by Crippen LogP contribution is -2.33. The van der Waals surface area contributed by atoms with Gasteiger partial charge in [0.15, 0.2) is 0 Å². The zero-order valence-electron chi connectivity index (χ0n) is 14.0. The maximum Gasteiger partial charge on any atom is 0.224 e. The molecule has 4 heteroatoms. The summed E-state index contributed by atoms with van der Waals surface area (Å²) in [4.78, 5) is 19.0. The Morgan fingerprint density at radius 1 is 1.17 bits per heavy atom. The second-order valence-corrected chi connectivity index (χ2v) is 6.53. The number of hydrogen-bond acceptors (Lipinski definition) is 2. The minimum Gasteiger partial charge on any atom is -0.342 e. The molecule has 4 nitrogen and oxygen atoms in total. The van der Waals surface area contributed by atoms with E-state index < -0.39 is 0 Å². The molecule has 0 N–H and O–H groups in total. The van der Waals surface area contributed by atoms with E-state index in [0.29, 0.717) is 12.3 Å². The standard InChI is InChI=1S/C19H25N3O/c1-15(2)19-20-10-14-22(19)13-9-18(23)21-11-7-16-5-3-4-6-17(16)8-12-21/h3-6,10,14-15H,7-9,11-13H2,1-2H3. The highest BCUT2D eigenvalue weighted by atomic mass is 16.2. The molecule has 0 aliphatic carbocycles. The lowest BCUT2D eigenvalue weighted by Gasteiger charge is -2.21. The molecule has 0 unspecified atom stereocenters. The first-order valence-corrected chi connectivity index (χ1v) is 8.50. The highest BCUT2D eigenvalue weighted by molar-refractivity contribution is 5.76. The summed E-state index contributed by atoms with van der Waals surface area (Å²) in [6.45, 7) is 6.64. The number of aryl methyl sites for hydroxylation is 1. The van der Waals surface area contributed by atoms with Crippen LogP contribution < -0.4 is 0 Å². The van der Waals surface area contributed by atoms with Crippen LogP contribution in [0.3, 0.4) is 0 Å². The predicted molar refractivity (Wildman–Crippen MR) is 91.4 cm³/mol. The van der Waals surface area contributed by atoms with Crippen molar-refractivity contribution in [1.82, 2.24) is 14.5 Å². The third-order valence-corrected chi connectivity index (χ3v) is 4.60. The van der Waals surface area contributed by atoms with Crippen LogP contribution in [0.15, 0.2) is 36.7 Å². The van der Waals surface area contributed by atoms with E-state index in [9.17, 15) is 4.79 Å². The Bertz CT molecular complexity index is 648. The fraction of sp³-hybridized carbons (Fsp3) is 0.474. The molecule has 2 aromatic rings. The van der Waals surface area contributed by atoms with Crippen LogP contribution in [-0.4, -0.2) is 33.4 Å². The van der Waals surface area contributed by atoms with Crippen molar-refractivity contribution in [1.29, 1.82) is 0 Å². The van der Waals surface area contributed by atoms with E-state index in [0.717, 1.165) is 38.3 Å². The molecule has 122 valence electrons. The van der Waals surface area contributed by atoms with Gasteiger partial charge >= 0.3 is 0 Å². The van der Waals surface area contributed by atoms with E-state index in [1.54, 1.807) is 0 Å². The van der Waals surface area contributed by atoms with Crippen molar-refractivity contribution < 1.29 is 4.79 Å². The van der Waals surface area contributed by atoms with Gasteiger partial charge in [0.25, 0.3) is 0 Å². The van der Waals surface area contributed by atoms with Gasteiger partial charge in [-0.25, -0.2) is 4.98 Å². The molecule has 3 rings (SSSR count). The molecular formula is C19H25N3O. The average molecular weight is 311 g/mol. The Kier molecular flexibility index (Phi) is 4.79. The topological polar surface area (TPSA) is 38.1 Å². The zero-order chi connectivity index (χ0) is 16.2. The van der Waals surface area contributed by atoms with Crippen LogP contribution in [0.2, 0.25) is 0 Å². The van der Waals surface area contributed by atoms with Gasteiger partial charge in [-0.1, -0.05) is 38.1 Å². The summed E-state index contributed by atoms with van der Waals surface area (Å²) < 4.78 is 2.11. The molecule has 0 atom stereocenters. The molecule has 0 radical (unpaired) electrons. The number of fused-ring (bicyclic) bond motifs is 1. The zero-order valence-corrected chi connectivity index (χ0v) is 14.0. The number of carbonyl (C=O) groups is 1. The maximum absolute atomic E-state index is 12.6. The first-order chi connectivity index (χ1) is 11.1. The van der Waals surface area contributed by atoms with Crippen LogP contribution in [0.5, 0.6) is 0 Å². The fourth-order valence-electron chi connectivity index (χ4n) is 3.30. The molecule has 1 aromatic heterocycles. The summed E-state index contributed by atoms with van der Waals surface area (Å²) in [7, 11) is 0. The summed E-state index contributed by atoms with van der Waals surface area (Å²) in [6.07, 6.45) is 6.27. The molecule has 1 aliphatic heterocycles. The van der Waals surface area contributed by atoms with Crippen molar-refractivity contribution in [2.45, 2.75) is 45.6 Å². The Balaban J connectivity index is 1.58. The van der Waals surface area contributed by atoms with Gasteiger partial charge in [-0.05, 0) is 24.0 Å². The van der Waals surface area contributed by atoms with Crippen LogP contribution in [0.4, 0.5) is 0 Å². The second-order valence-electron chi connectivity index (χ2n) is 6.53. The Hall–Kier alpha value is -2.10. The van der Waals surface area contributed by atoms with Crippen LogP contribution >= 0.6 is 0 Å². The smallest absolute Gasteiger partial charge is 0.224 e. The summed E-state index contributed by atoms with van der Waals surface area (Å²) >= 11 is 0. The Labute approximate surface area is 138 Å². The fourth-order valence-corrected chi connectivity index (χ4v) is 3.30. The van der Waals surface area contributed by atoms with E-state index >= 15 is 0 Å². The molecule has 0 saturated heterocycles. The van der Waals surface area contributed by atoms with E-state index in [4.69, 9.17) is 0 Å². The molecule has 0 saturated carbocycles. The number of carbonyl (C=O) groups excluding carboxylic acids is 1. The molecular weight excluding hydrogens is 286 g/mol. The van der Waals surface area contributed by atoms with E-state index in [1.807, 2.05) is 17.3 Å². The Morgan fingerprint density at radius 2 is 1.83 bits per heavy atom. The van der Waals surface area contributed by atoms with Gasteiger partial charge < -0.3 is 9.47 Å². The largest absolute Gasteiger partial charge is 0.342 e. The molecule has 1 aromatic carbocycles. The minimum atomic E-state index is 0.251. The van der Waals surface area contributed by atoms with E-state index in [2.05, 4.69) is 47.7 Å². The summed E-state index contributed by atoms with van der Waals surface area (Å²) in [5.41, 5.74) is 2.78. The molecule has 0 fully saturated rings. The highest BCUT2D eigenvalue weighted by Gasteiger charge is 2.18. The molecule has 2 heterocycles. The average Bonchev–Trinajstić information content (AvgIpc) is 2.92. The first-order valence-electron chi connectivity index (χ1n) is 8.50. The van der Waals surface area contributed by atoms with E-state index in [-0.39, 0.29) is 5.91 Å². The summed E-state index contributed by atoms with van der Waals surface area (Å²) in [5, 5.41) is 0. The molecule has 1 aliphatic rings. The van der Waals surface area contributed by atoms with Crippen molar-refractivity contribution in [3.05, 3.63) is 53.6 Å². The maximum atomic E-state index is 12.6. The van der Waals surface area contributed by atoms with Crippen molar-refractivity contribution in [2.75, 3.05) is 13.1 Å². The van der Waals surface area contributed by atoms with Gasteiger partial charge in [-0.3, -0.25) is 4.79 Å². The number of amides is 1. The monoisotopic (exact) mass is 311 g/mol. The molecule has 0 spiro atoms. The number of aromatic nitrogens is 2. The van der Waals surface area contributed by atoms with Crippen molar-refractivity contribution in [3.63, 3.8) is 0 Å². The van der Waals surface area contributed by atoms with Gasteiger partial charge in [-0.15, -0.1) is 0 Å². The summed E-state index contributed by atoms with van der Waals surface area (Å²) in [6, 6.07) is 8.54. The van der Waals surface area contributed by atoms with Crippen molar-refractivity contribution in [2.24, 2.45) is 0 Å². The van der Waals surface area contributed by atoms with Gasteiger partial charge in [0.2, 0.25) is 5.91 Å². The molecule has 23 heavy (non-hydrogen) atoms. The number of imidazole rings is 1. The number of benzene rings is 1. The van der Waals surface area contributed by atoms with Gasteiger partial charge in [0.1, 0.15) is 5.82 Å². The number of hydrogen-bond donors (Lipinski definition) is 0. The van der Waals surface area contributed by atoms with Crippen molar-refractivity contribution in [3.8, 4) is 0 Å². The van der Waals surface area contributed by atoms with E-state index in [1.165, 1.54) is 11.1 Å². The second kappa shape index (κ2) is 6.99. The number of rotatable bonds is 4. The first kappa shape index (κ1) is 15.8. The lowest BCUT2D eigenvalue weighted by atomic mass is 10.0. The lowest BCUT2D eigenvalue weighted by molar-refractivity contribution is -0.131. The Morgan fingerprint density at radius 3 is 2.43 bits per heavy atom. The van der Waals surface area contributed by atoms with Crippen molar-refractivity contribution >= 4 is 5.91 Å². The predicted octanol–water partition coefficient (Wildman–Crippen LogP) is 3.02. The normalized spacial score (nSPS) is 14.7.